The highest BCUT2D eigenvalue weighted by molar-refractivity contribution is 7.20. The first kappa shape index (κ1) is 16.3. The molecule has 0 aromatic carbocycles. The van der Waals surface area contributed by atoms with Gasteiger partial charge in [-0.2, -0.15) is 0 Å². The zero-order valence-electron chi connectivity index (χ0n) is 12.2. The minimum atomic E-state index is 0.0763. The van der Waals surface area contributed by atoms with Gasteiger partial charge in [0, 0.05) is 0 Å². The van der Waals surface area contributed by atoms with Crippen LogP contribution in [0.15, 0.2) is 6.07 Å². The fourth-order valence-corrected chi connectivity index (χ4v) is 4.27. The summed E-state index contributed by atoms with van der Waals surface area (Å²) in [6.45, 7) is 9.32. The number of thiophene rings is 1. The van der Waals surface area contributed by atoms with Gasteiger partial charge in [0.2, 0.25) is 0 Å². The molecule has 0 N–H and O–H groups in total. The van der Waals surface area contributed by atoms with E-state index in [1.807, 2.05) is 0 Å². The molecule has 5 heteroatoms. The monoisotopic (exact) mass is 333 g/mol. The summed E-state index contributed by atoms with van der Waals surface area (Å²) in [5, 5.41) is 0. The van der Waals surface area contributed by atoms with Crippen LogP contribution in [0.2, 0.25) is 8.67 Å². The van der Waals surface area contributed by atoms with Crippen molar-refractivity contribution in [1.29, 1.82) is 0 Å². The molecule has 20 heavy (non-hydrogen) atoms. The molecule has 0 saturated carbocycles. The molecule has 0 aliphatic carbocycles. The molecule has 2 heterocycles. The van der Waals surface area contributed by atoms with Gasteiger partial charge < -0.3 is 0 Å². The molecule has 1 aliphatic rings. The van der Waals surface area contributed by atoms with E-state index in [4.69, 9.17) is 23.2 Å². The number of ketones is 1. The van der Waals surface area contributed by atoms with Gasteiger partial charge in [0.15, 0.2) is 5.78 Å². The van der Waals surface area contributed by atoms with Crippen molar-refractivity contribution in [3.63, 3.8) is 0 Å². The lowest BCUT2D eigenvalue weighted by Gasteiger charge is -2.38. The highest BCUT2D eigenvalue weighted by Crippen LogP contribution is 2.35. The Morgan fingerprint density at radius 2 is 1.95 bits per heavy atom. The van der Waals surface area contributed by atoms with Crippen molar-refractivity contribution >= 4 is 40.3 Å². The number of rotatable bonds is 3. The van der Waals surface area contributed by atoms with Crippen LogP contribution in [0.5, 0.6) is 0 Å². The van der Waals surface area contributed by atoms with Crippen LogP contribution < -0.4 is 0 Å². The van der Waals surface area contributed by atoms with Crippen molar-refractivity contribution in [3.8, 4) is 0 Å². The topological polar surface area (TPSA) is 20.3 Å². The number of carbonyl (C=O) groups excluding carboxylic acids is 1. The van der Waals surface area contributed by atoms with Crippen LogP contribution in [0.25, 0.3) is 0 Å². The third-order valence-electron chi connectivity index (χ3n) is 4.14. The average molecular weight is 334 g/mol. The number of nitrogens with zero attached hydrogens (tertiary/aromatic N) is 1. The van der Waals surface area contributed by atoms with Crippen molar-refractivity contribution in [2.24, 2.45) is 11.3 Å². The van der Waals surface area contributed by atoms with Crippen molar-refractivity contribution in [1.82, 2.24) is 4.90 Å². The summed E-state index contributed by atoms with van der Waals surface area (Å²) in [6, 6.07) is 1.68. The first-order valence-electron chi connectivity index (χ1n) is 6.98. The molecule has 1 aromatic heterocycles. The third kappa shape index (κ3) is 3.97. The molecule has 1 aromatic rings. The van der Waals surface area contributed by atoms with Crippen LogP contribution >= 0.6 is 34.5 Å². The highest BCUT2D eigenvalue weighted by Gasteiger charge is 2.29. The summed E-state index contributed by atoms with van der Waals surface area (Å²) < 4.78 is 1.08. The second kappa shape index (κ2) is 6.35. The Morgan fingerprint density at radius 1 is 1.35 bits per heavy atom. The van der Waals surface area contributed by atoms with E-state index in [2.05, 4.69) is 25.7 Å². The lowest BCUT2D eigenvalue weighted by molar-refractivity contribution is 0.0822. The molecule has 0 unspecified atom stereocenters. The first-order chi connectivity index (χ1) is 9.27. The molecule has 2 nitrogen and oxygen atoms in total. The lowest BCUT2D eigenvalue weighted by atomic mass is 9.75. The maximum atomic E-state index is 12.2. The second-order valence-corrected chi connectivity index (χ2v) is 8.86. The smallest absolute Gasteiger partial charge is 0.179 e. The molecule has 0 radical (unpaired) electrons. The minimum absolute atomic E-state index is 0.0763. The van der Waals surface area contributed by atoms with E-state index >= 15 is 0 Å². The summed E-state index contributed by atoms with van der Waals surface area (Å²) >= 11 is 13.2. The molecule has 0 bridgehead atoms. The number of Topliss-reactive ketones (excluding diaryl/α,β-unsaturated/α-hetero) is 1. The van der Waals surface area contributed by atoms with E-state index < -0.39 is 0 Å². The quantitative estimate of drug-likeness (QED) is 0.725. The molecule has 112 valence electrons. The van der Waals surface area contributed by atoms with Crippen LogP contribution in [-0.2, 0) is 0 Å². The maximum absolute atomic E-state index is 12.2. The molecule has 1 fully saturated rings. The Bertz CT molecular complexity index is 485. The number of hydrogen-bond acceptors (Lipinski definition) is 3. The van der Waals surface area contributed by atoms with Crippen molar-refractivity contribution < 1.29 is 4.79 Å². The molecule has 0 spiro atoms. The molecule has 0 amide bonds. The lowest BCUT2D eigenvalue weighted by Crippen LogP contribution is -2.40. The van der Waals surface area contributed by atoms with Crippen molar-refractivity contribution in [2.75, 3.05) is 19.6 Å². The summed E-state index contributed by atoms with van der Waals surface area (Å²) in [4.78, 5) is 14.5. The van der Waals surface area contributed by atoms with Crippen LogP contribution in [0.4, 0.5) is 0 Å². The Labute approximate surface area is 135 Å². The SMILES string of the molecule is CC(C)(C)C1CCN(CC(=O)c2cc(Cl)sc2Cl)CC1. The normalized spacial score (nSPS) is 18.4. The zero-order valence-corrected chi connectivity index (χ0v) is 14.5. The largest absolute Gasteiger partial charge is 0.296 e. The molecular weight excluding hydrogens is 313 g/mol. The molecule has 1 saturated heterocycles. The fourth-order valence-electron chi connectivity index (χ4n) is 2.78. The Kier molecular flexibility index (Phi) is 5.17. The van der Waals surface area contributed by atoms with Gasteiger partial charge in [0.05, 0.1) is 16.4 Å². The number of piperidine rings is 1. The Morgan fingerprint density at radius 3 is 2.40 bits per heavy atom. The average Bonchev–Trinajstić information content (AvgIpc) is 2.68. The van der Waals surface area contributed by atoms with Gasteiger partial charge in [-0.25, -0.2) is 0 Å². The third-order valence-corrected chi connectivity index (χ3v) is 5.62. The molecule has 2 rings (SSSR count). The van der Waals surface area contributed by atoms with Crippen molar-refractivity contribution in [2.45, 2.75) is 33.6 Å². The summed E-state index contributed by atoms with van der Waals surface area (Å²) in [7, 11) is 0. The number of halogens is 2. The van der Waals surface area contributed by atoms with Crippen LogP contribution in [0.1, 0.15) is 44.0 Å². The van der Waals surface area contributed by atoms with Gasteiger partial charge in [0.25, 0.3) is 0 Å². The van der Waals surface area contributed by atoms with Gasteiger partial charge in [-0.15, -0.1) is 11.3 Å². The van der Waals surface area contributed by atoms with Gasteiger partial charge in [-0.05, 0) is 43.3 Å². The highest BCUT2D eigenvalue weighted by atomic mass is 35.5. The summed E-state index contributed by atoms with van der Waals surface area (Å²) in [5.41, 5.74) is 0.930. The number of likely N-dealkylation sites (tertiary alicyclic amines) is 1. The van der Waals surface area contributed by atoms with E-state index in [1.165, 1.54) is 11.3 Å². The van der Waals surface area contributed by atoms with Crippen LogP contribution in [0, 0.1) is 11.3 Å². The van der Waals surface area contributed by atoms with Gasteiger partial charge >= 0.3 is 0 Å². The molecular formula is C15H21Cl2NOS. The summed E-state index contributed by atoms with van der Waals surface area (Å²) in [6.07, 6.45) is 2.32. The number of hydrogen-bond donors (Lipinski definition) is 0. The van der Waals surface area contributed by atoms with Gasteiger partial charge in [-0.3, -0.25) is 9.69 Å². The zero-order chi connectivity index (χ0) is 14.9. The second-order valence-electron chi connectivity index (χ2n) is 6.58. The van der Waals surface area contributed by atoms with E-state index in [-0.39, 0.29) is 5.78 Å². The standard InChI is InChI=1S/C15H21Cl2NOS/c1-15(2,3)10-4-6-18(7-5-10)9-12(19)11-8-13(16)20-14(11)17/h8,10H,4-7,9H2,1-3H3. The Hall–Kier alpha value is -0.0900. The predicted molar refractivity (Wildman–Crippen MR) is 87.3 cm³/mol. The maximum Gasteiger partial charge on any atom is 0.179 e. The van der Waals surface area contributed by atoms with E-state index in [0.717, 1.165) is 31.8 Å². The first-order valence-corrected chi connectivity index (χ1v) is 8.55. The van der Waals surface area contributed by atoms with E-state index in [0.29, 0.717) is 26.2 Å². The number of carbonyl (C=O) groups is 1. The van der Waals surface area contributed by atoms with Crippen LogP contribution in [0.3, 0.4) is 0 Å². The fraction of sp³-hybridized carbons (Fsp3) is 0.667. The van der Waals surface area contributed by atoms with E-state index in [1.54, 1.807) is 6.07 Å². The molecule has 0 atom stereocenters. The Balaban J connectivity index is 1.90. The molecule has 1 aliphatic heterocycles. The predicted octanol–water partition coefficient (Wildman–Crippen LogP) is 5.00. The van der Waals surface area contributed by atoms with Gasteiger partial charge in [-0.1, -0.05) is 44.0 Å². The minimum Gasteiger partial charge on any atom is -0.296 e. The van der Waals surface area contributed by atoms with Crippen LogP contribution in [-0.4, -0.2) is 30.3 Å². The van der Waals surface area contributed by atoms with E-state index in [9.17, 15) is 4.79 Å². The van der Waals surface area contributed by atoms with Gasteiger partial charge in [0.1, 0.15) is 4.34 Å². The van der Waals surface area contributed by atoms with Crippen molar-refractivity contribution in [3.05, 3.63) is 20.3 Å². The summed E-state index contributed by atoms with van der Waals surface area (Å²) in [5.74, 6) is 0.820.